The molecule has 0 bridgehead atoms. The van der Waals surface area contributed by atoms with Crippen molar-refractivity contribution in [1.29, 1.82) is 0 Å². The second kappa shape index (κ2) is 5.32. The molecule has 1 heterocycles. The van der Waals surface area contributed by atoms with Crippen LogP contribution in [-0.2, 0) is 13.5 Å². The van der Waals surface area contributed by atoms with Crippen molar-refractivity contribution in [3.63, 3.8) is 0 Å². The predicted molar refractivity (Wildman–Crippen MR) is 74.3 cm³/mol. The van der Waals surface area contributed by atoms with E-state index < -0.39 is 5.97 Å². The minimum Gasteiger partial charge on any atom is -0.478 e. The lowest BCUT2D eigenvalue weighted by Gasteiger charge is -2.08. The molecule has 0 aliphatic rings. The molecule has 1 aromatic heterocycles. The number of hydrogen-bond acceptors (Lipinski definition) is 3. The molecule has 0 aliphatic heterocycles. The first-order chi connectivity index (χ1) is 9.01. The average Bonchev–Trinajstić information content (AvgIpc) is 2.71. The SMILES string of the molecule is CCc1nn(C)cc1Nc1ccc(C(=O)O)cc1Cl. The monoisotopic (exact) mass is 279 g/mol. The van der Waals surface area contributed by atoms with Gasteiger partial charge in [-0.2, -0.15) is 5.10 Å². The molecule has 0 saturated heterocycles. The number of nitrogens with one attached hydrogen (secondary N) is 1. The molecule has 2 N–H and O–H groups in total. The van der Waals surface area contributed by atoms with Crippen LogP contribution in [0.4, 0.5) is 11.4 Å². The van der Waals surface area contributed by atoms with Crippen LogP contribution in [0, 0.1) is 0 Å². The first kappa shape index (κ1) is 13.4. The zero-order chi connectivity index (χ0) is 14.0. The summed E-state index contributed by atoms with van der Waals surface area (Å²) in [6, 6.07) is 4.59. The number of halogens is 1. The van der Waals surface area contributed by atoms with Gasteiger partial charge in [-0.1, -0.05) is 18.5 Å². The predicted octanol–water partition coefficient (Wildman–Crippen LogP) is 3.08. The minimum absolute atomic E-state index is 0.164. The fraction of sp³-hybridized carbons (Fsp3) is 0.231. The van der Waals surface area contributed by atoms with Gasteiger partial charge in [0.05, 0.1) is 27.7 Å². The van der Waals surface area contributed by atoms with Gasteiger partial charge in [0.1, 0.15) is 0 Å². The number of carboxylic acids is 1. The molecule has 5 nitrogen and oxygen atoms in total. The van der Waals surface area contributed by atoms with Gasteiger partial charge in [0.25, 0.3) is 0 Å². The molecule has 0 saturated carbocycles. The fourth-order valence-electron chi connectivity index (χ4n) is 1.79. The Morgan fingerprint density at radius 1 is 1.47 bits per heavy atom. The number of anilines is 2. The Morgan fingerprint density at radius 2 is 2.21 bits per heavy atom. The van der Waals surface area contributed by atoms with Crippen molar-refractivity contribution in [2.24, 2.45) is 7.05 Å². The van der Waals surface area contributed by atoms with E-state index >= 15 is 0 Å². The molecule has 6 heteroatoms. The van der Waals surface area contributed by atoms with Gasteiger partial charge in [0.2, 0.25) is 0 Å². The van der Waals surface area contributed by atoms with Crippen LogP contribution < -0.4 is 5.32 Å². The maximum atomic E-state index is 10.8. The molecule has 0 fully saturated rings. The zero-order valence-electron chi connectivity index (χ0n) is 10.6. The molecule has 0 spiro atoms. The van der Waals surface area contributed by atoms with Crippen molar-refractivity contribution in [1.82, 2.24) is 9.78 Å². The van der Waals surface area contributed by atoms with E-state index in [-0.39, 0.29) is 5.56 Å². The largest absolute Gasteiger partial charge is 0.478 e. The van der Waals surface area contributed by atoms with E-state index in [9.17, 15) is 4.79 Å². The van der Waals surface area contributed by atoms with E-state index in [1.54, 1.807) is 10.7 Å². The van der Waals surface area contributed by atoms with Crippen LogP contribution >= 0.6 is 11.6 Å². The molecule has 0 amide bonds. The third-order valence-electron chi connectivity index (χ3n) is 2.73. The first-order valence-corrected chi connectivity index (χ1v) is 6.21. The van der Waals surface area contributed by atoms with Crippen molar-refractivity contribution in [3.8, 4) is 0 Å². The minimum atomic E-state index is -0.996. The van der Waals surface area contributed by atoms with Gasteiger partial charge in [-0.25, -0.2) is 4.79 Å². The molecule has 0 radical (unpaired) electrons. The lowest BCUT2D eigenvalue weighted by molar-refractivity contribution is 0.0697. The number of carboxylic acid groups (broad SMARTS) is 1. The Morgan fingerprint density at radius 3 is 2.79 bits per heavy atom. The van der Waals surface area contributed by atoms with Crippen LogP contribution in [0.3, 0.4) is 0 Å². The van der Waals surface area contributed by atoms with Crippen LogP contribution in [0.2, 0.25) is 5.02 Å². The third kappa shape index (κ3) is 2.88. The Balaban J connectivity index is 2.30. The summed E-state index contributed by atoms with van der Waals surface area (Å²) in [5.74, 6) is -0.996. The van der Waals surface area contributed by atoms with Crippen molar-refractivity contribution < 1.29 is 9.90 Å². The normalized spacial score (nSPS) is 10.5. The standard InChI is InChI=1S/C13H14ClN3O2/c1-3-10-12(7-17(2)16-10)15-11-5-4-8(13(18)19)6-9(11)14/h4-7,15H,3H2,1-2H3,(H,18,19). The summed E-state index contributed by atoms with van der Waals surface area (Å²) < 4.78 is 1.72. The summed E-state index contributed by atoms with van der Waals surface area (Å²) in [6.45, 7) is 2.02. The van der Waals surface area contributed by atoms with Gasteiger partial charge >= 0.3 is 5.97 Å². The van der Waals surface area contributed by atoms with Gasteiger partial charge in [0.15, 0.2) is 0 Å². The highest BCUT2D eigenvalue weighted by Crippen LogP contribution is 2.28. The van der Waals surface area contributed by atoms with Crippen LogP contribution in [0.15, 0.2) is 24.4 Å². The van der Waals surface area contributed by atoms with Crippen LogP contribution in [0.5, 0.6) is 0 Å². The molecule has 100 valence electrons. The summed E-state index contributed by atoms with van der Waals surface area (Å²) in [7, 11) is 1.85. The second-order valence-electron chi connectivity index (χ2n) is 4.14. The Kier molecular flexibility index (Phi) is 3.76. The number of aryl methyl sites for hydroxylation is 2. The molecule has 0 atom stereocenters. The summed E-state index contributed by atoms with van der Waals surface area (Å²) in [5.41, 5.74) is 2.63. The van der Waals surface area contributed by atoms with Crippen molar-refractivity contribution in [2.75, 3.05) is 5.32 Å². The van der Waals surface area contributed by atoms with E-state index in [0.717, 1.165) is 17.8 Å². The van der Waals surface area contributed by atoms with E-state index in [0.29, 0.717) is 10.7 Å². The van der Waals surface area contributed by atoms with E-state index in [1.165, 1.54) is 12.1 Å². The highest BCUT2D eigenvalue weighted by atomic mass is 35.5. The number of rotatable bonds is 4. The maximum absolute atomic E-state index is 10.8. The Labute approximate surface area is 115 Å². The maximum Gasteiger partial charge on any atom is 0.335 e. The number of aromatic nitrogens is 2. The van der Waals surface area contributed by atoms with E-state index in [2.05, 4.69) is 10.4 Å². The van der Waals surface area contributed by atoms with Crippen molar-refractivity contribution in [3.05, 3.63) is 40.7 Å². The molecular weight excluding hydrogens is 266 g/mol. The van der Waals surface area contributed by atoms with E-state index in [1.807, 2.05) is 20.2 Å². The first-order valence-electron chi connectivity index (χ1n) is 5.83. The summed E-state index contributed by atoms with van der Waals surface area (Å²) in [5, 5.41) is 16.7. The molecular formula is C13H14ClN3O2. The van der Waals surface area contributed by atoms with Crippen molar-refractivity contribution >= 4 is 28.9 Å². The van der Waals surface area contributed by atoms with Gasteiger partial charge in [-0.3, -0.25) is 4.68 Å². The fourth-order valence-corrected chi connectivity index (χ4v) is 2.02. The van der Waals surface area contributed by atoms with Gasteiger partial charge in [0, 0.05) is 13.2 Å². The number of hydrogen-bond donors (Lipinski definition) is 2. The number of aromatic carboxylic acids is 1. The van der Waals surface area contributed by atoms with Gasteiger partial charge in [-0.15, -0.1) is 0 Å². The van der Waals surface area contributed by atoms with Crippen molar-refractivity contribution in [2.45, 2.75) is 13.3 Å². The molecule has 2 rings (SSSR count). The summed E-state index contributed by atoms with van der Waals surface area (Å²) >= 11 is 6.07. The lowest BCUT2D eigenvalue weighted by Crippen LogP contribution is -1.98. The smallest absolute Gasteiger partial charge is 0.335 e. The van der Waals surface area contributed by atoms with Gasteiger partial charge in [-0.05, 0) is 24.6 Å². The lowest BCUT2D eigenvalue weighted by atomic mass is 10.2. The molecule has 2 aromatic rings. The van der Waals surface area contributed by atoms with Crippen LogP contribution in [-0.4, -0.2) is 20.9 Å². The van der Waals surface area contributed by atoms with Gasteiger partial charge < -0.3 is 10.4 Å². The molecule has 0 aliphatic carbocycles. The quantitative estimate of drug-likeness (QED) is 0.902. The number of carbonyl (C=O) groups is 1. The highest BCUT2D eigenvalue weighted by Gasteiger charge is 2.10. The van der Waals surface area contributed by atoms with Crippen LogP contribution in [0.25, 0.3) is 0 Å². The topological polar surface area (TPSA) is 67.2 Å². The Bertz CT molecular complexity index is 622. The number of nitrogens with zero attached hydrogens (tertiary/aromatic N) is 2. The van der Waals surface area contributed by atoms with E-state index in [4.69, 9.17) is 16.7 Å². The zero-order valence-corrected chi connectivity index (χ0v) is 11.4. The third-order valence-corrected chi connectivity index (χ3v) is 3.04. The Hall–Kier alpha value is -2.01. The highest BCUT2D eigenvalue weighted by molar-refractivity contribution is 6.33. The average molecular weight is 280 g/mol. The summed E-state index contributed by atoms with van der Waals surface area (Å²) in [4.78, 5) is 10.8. The van der Waals surface area contributed by atoms with Crippen LogP contribution in [0.1, 0.15) is 23.0 Å². The molecule has 1 aromatic carbocycles. The molecule has 19 heavy (non-hydrogen) atoms. The molecule has 0 unspecified atom stereocenters. The summed E-state index contributed by atoms with van der Waals surface area (Å²) in [6.07, 6.45) is 2.66. The second-order valence-corrected chi connectivity index (χ2v) is 4.55. The number of benzene rings is 1.